The van der Waals surface area contributed by atoms with Crippen LogP contribution in [0.1, 0.15) is 42.2 Å². The zero-order chi connectivity index (χ0) is 22.2. The van der Waals surface area contributed by atoms with Crippen molar-refractivity contribution in [2.75, 3.05) is 5.32 Å². The van der Waals surface area contributed by atoms with Crippen LogP contribution in [0.15, 0.2) is 85.1 Å². The number of nitrogens with zero attached hydrogens (tertiary/aromatic N) is 2. The quantitative estimate of drug-likeness (QED) is 0.330. The van der Waals surface area contributed by atoms with Crippen LogP contribution in [0.2, 0.25) is 0 Å². The number of nitrogens with one attached hydrogen (secondary N) is 1. The Labute approximate surface area is 188 Å². The second kappa shape index (κ2) is 8.04. The van der Waals surface area contributed by atoms with Gasteiger partial charge in [-0.3, -0.25) is 4.79 Å². The molecule has 32 heavy (non-hydrogen) atoms. The van der Waals surface area contributed by atoms with Gasteiger partial charge in [0.15, 0.2) is 0 Å². The first-order chi connectivity index (χ1) is 15.5. The van der Waals surface area contributed by atoms with Crippen LogP contribution in [0.3, 0.4) is 0 Å². The predicted molar refractivity (Wildman–Crippen MR) is 133 cm³/mol. The zero-order valence-electron chi connectivity index (χ0n) is 18.7. The topological polar surface area (TPSA) is 39.0 Å². The van der Waals surface area contributed by atoms with Gasteiger partial charge in [-0.15, -0.1) is 0 Å². The van der Waals surface area contributed by atoms with E-state index in [-0.39, 0.29) is 5.91 Å². The number of amides is 1. The van der Waals surface area contributed by atoms with E-state index in [1.54, 1.807) is 0 Å². The van der Waals surface area contributed by atoms with Gasteiger partial charge in [-0.2, -0.15) is 0 Å². The fourth-order valence-corrected chi connectivity index (χ4v) is 4.34. The number of hydrogen-bond acceptors (Lipinski definition) is 1. The van der Waals surface area contributed by atoms with Gasteiger partial charge in [0.1, 0.15) is 5.69 Å². The molecule has 0 fully saturated rings. The molecule has 2 aromatic heterocycles. The van der Waals surface area contributed by atoms with Gasteiger partial charge in [0, 0.05) is 40.9 Å². The number of para-hydroxylation sites is 1. The number of aryl methyl sites for hydroxylation is 1. The molecule has 5 aromatic rings. The Morgan fingerprint density at radius 3 is 2.44 bits per heavy atom. The molecule has 160 valence electrons. The molecule has 0 spiro atoms. The molecule has 0 saturated heterocycles. The van der Waals surface area contributed by atoms with Gasteiger partial charge in [0.25, 0.3) is 5.91 Å². The lowest BCUT2D eigenvalue weighted by molar-refractivity contribution is 0.102. The molecule has 0 aliphatic heterocycles. The van der Waals surface area contributed by atoms with E-state index in [1.807, 2.05) is 60.3 Å². The summed E-state index contributed by atoms with van der Waals surface area (Å²) in [6, 6.07) is 26.7. The lowest BCUT2D eigenvalue weighted by Crippen LogP contribution is -2.16. The average molecular weight is 422 g/mol. The first kappa shape index (κ1) is 20.1. The highest BCUT2D eigenvalue weighted by Crippen LogP contribution is 2.28. The Morgan fingerprint density at radius 2 is 1.66 bits per heavy atom. The number of carbonyl (C=O) groups excluding carboxylic acids is 1. The van der Waals surface area contributed by atoms with Crippen LogP contribution in [0, 0.1) is 0 Å². The highest BCUT2D eigenvalue weighted by atomic mass is 16.1. The fraction of sp³-hybridized carbons (Fsp3) is 0.179. The van der Waals surface area contributed by atoms with E-state index in [0.29, 0.717) is 11.6 Å². The van der Waals surface area contributed by atoms with Gasteiger partial charge >= 0.3 is 0 Å². The lowest BCUT2D eigenvalue weighted by Gasteiger charge is -2.14. The molecule has 1 N–H and O–H groups in total. The number of aromatic nitrogens is 2. The Balaban J connectivity index is 1.55. The summed E-state index contributed by atoms with van der Waals surface area (Å²) in [4.78, 5) is 13.4. The molecule has 1 amide bonds. The summed E-state index contributed by atoms with van der Waals surface area (Å²) >= 11 is 0. The summed E-state index contributed by atoms with van der Waals surface area (Å²) in [6.07, 6.45) is 3.13. The summed E-state index contributed by atoms with van der Waals surface area (Å²) in [6.45, 7) is 4.44. The molecule has 1 atom stereocenters. The largest absolute Gasteiger partial charge is 0.351 e. The minimum atomic E-state index is -0.123. The van der Waals surface area contributed by atoms with Crippen molar-refractivity contribution in [3.63, 3.8) is 0 Å². The second-order valence-corrected chi connectivity index (χ2v) is 8.48. The smallest absolute Gasteiger partial charge is 0.272 e. The Hall–Kier alpha value is -3.79. The van der Waals surface area contributed by atoms with Crippen LogP contribution in [0.5, 0.6) is 0 Å². The van der Waals surface area contributed by atoms with Crippen molar-refractivity contribution < 1.29 is 4.79 Å². The van der Waals surface area contributed by atoms with E-state index < -0.39 is 0 Å². The molecule has 0 saturated carbocycles. The van der Waals surface area contributed by atoms with E-state index >= 15 is 0 Å². The third kappa shape index (κ3) is 3.48. The molecular formula is C28H27N3O. The summed E-state index contributed by atoms with van der Waals surface area (Å²) in [7, 11) is 2.02. The van der Waals surface area contributed by atoms with Gasteiger partial charge in [-0.05, 0) is 66.4 Å². The average Bonchev–Trinajstić information content (AvgIpc) is 3.39. The van der Waals surface area contributed by atoms with E-state index in [4.69, 9.17) is 0 Å². The number of rotatable bonds is 5. The maximum Gasteiger partial charge on any atom is 0.272 e. The summed E-state index contributed by atoms with van der Waals surface area (Å²) < 4.78 is 4.12. The van der Waals surface area contributed by atoms with Crippen LogP contribution < -0.4 is 5.32 Å². The van der Waals surface area contributed by atoms with Crippen molar-refractivity contribution >= 4 is 33.4 Å². The maximum absolute atomic E-state index is 13.4. The van der Waals surface area contributed by atoms with E-state index in [1.165, 1.54) is 5.56 Å². The van der Waals surface area contributed by atoms with Crippen LogP contribution in [-0.2, 0) is 7.05 Å². The maximum atomic E-state index is 13.4. The van der Waals surface area contributed by atoms with E-state index in [2.05, 4.69) is 60.1 Å². The van der Waals surface area contributed by atoms with Crippen LogP contribution in [0.4, 0.5) is 5.69 Å². The third-order valence-corrected chi connectivity index (χ3v) is 6.42. The SMILES string of the molecule is CCC(C)c1ccc(-n2c(C(=O)Nc3ccc4c(ccn4C)c3)cc3ccccc32)cc1. The van der Waals surface area contributed by atoms with Gasteiger partial charge in [-0.25, -0.2) is 0 Å². The van der Waals surface area contributed by atoms with Crippen molar-refractivity contribution in [2.45, 2.75) is 26.2 Å². The predicted octanol–water partition coefficient (Wildman–Crippen LogP) is 6.89. The van der Waals surface area contributed by atoms with Gasteiger partial charge < -0.3 is 14.5 Å². The molecule has 3 aromatic carbocycles. The second-order valence-electron chi connectivity index (χ2n) is 8.48. The van der Waals surface area contributed by atoms with Crippen molar-refractivity contribution in [3.8, 4) is 5.69 Å². The molecule has 4 nitrogen and oxygen atoms in total. The Kier molecular flexibility index (Phi) is 5.06. The zero-order valence-corrected chi connectivity index (χ0v) is 18.7. The minimum Gasteiger partial charge on any atom is -0.351 e. The number of benzene rings is 3. The van der Waals surface area contributed by atoms with Crippen molar-refractivity contribution in [1.29, 1.82) is 0 Å². The number of fused-ring (bicyclic) bond motifs is 2. The summed E-state index contributed by atoms with van der Waals surface area (Å²) in [5, 5.41) is 5.25. The summed E-state index contributed by atoms with van der Waals surface area (Å²) in [5.74, 6) is 0.392. The number of hydrogen-bond donors (Lipinski definition) is 1. The molecule has 0 aliphatic rings. The molecule has 0 radical (unpaired) electrons. The van der Waals surface area contributed by atoms with Crippen molar-refractivity contribution in [3.05, 3.63) is 96.3 Å². The van der Waals surface area contributed by atoms with Gasteiger partial charge in [-0.1, -0.05) is 44.2 Å². The van der Waals surface area contributed by atoms with Gasteiger partial charge in [0.05, 0.1) is 5.52 Å². The third-order valence-electron chi connectivity index (χ3n) is 6.42. The van der Waals surface area contributed by atoms with E-state index in [0.717, 1.165) is 39.6 Å². The fourth-order valence-electron chi connectivity index (χ4n) is 4.34. The van der Waals surface area contributed by atoms with Crippen molar-refractivity contribution in [1.82, 2.24) is 9.13 Å². The van der Waals surface area contributed by atoms with Crippen molar-refractivity contribution in [2.24, 2.45) is 7.05 Å². The first-order valence-electron chi connectivity index (χ1n) is 11.1. The highest BCUT2D eigenvalue weighted by molar-refractivity contribution is 6.07. The van der Waals surface area contributed by atoms with Crippen LogP contribution in [-0.4, -0.2) is 15.0 Å². The molecule has 1 unspecified atom stereocenters. The molecular weight excluding hydrogens is 394 g/mol. The standard InChI is InChI=1S/C28H27N3O/c1-4-19(2)20-9-12-24(13-10-20)31-26-8-6-5-7-21(26)18-27(31)28(32)29-23-11-14-25-22(17-23)15-16-30(25)3/h5-19H,4H2,1-3H3,(H,29,32). The Bertz CT molecular complexity index is 1420. The molecule has 4 heteroatoms. The normalized spacial score (nSPS) is 12.3. The highest BCUT2D eigenvalue weighted by Gasteiger charge is 2.17. The molecule has 2 heterocycles. The first-order valence-corrected chi connectivity index (χ1v) is 11.1. The number of carbonyl (C=O) groups is 1. The molecule has 5 rings (SSSR count). The summed E-state index contributed by atoms with van der Waals surface area (Å²) in [5.41, 5.74) is 5.87. The monoisotopic (exact) mass is 421 g/mol. The number of anilines is 1. The Morgan fingerprint density at radius 1 is 0.906 bits per heavy atom. The molecule has 0 bridgehead atoms. The van der Waals surface area contributed by atoms with E-state index in [9.17, 15) is 4.79 Å². The lowest BCUT2D eigenvalue weighted by atomic mass is 9.98. The van der Waals surface area contributed by atoms with Crippen LogP contribution in [0.25, 0.3) is 27.5 Å². The van der Waals surface area contributed by atoms with Gasteiger partial charge in [0.2, 0.25) is 0 Å². The molecule has 0 aliphatic carbocycles. The van der Waals surface area contributed by atoms with Crippen LogP contribution >= 0.6 is 0 Å². The minimum absolute atomic E-state index is 0.123.